The molecule has 18 heteroatoms. The summed E-state index contributed by atoms with van der Waals surface area (Å²) in [5, 5.41) is 22.5. The van der Waals surface area contributed by atoms with Gasteiger partial charge in [0.1, 0.15) is 35.8 Å². The SMILES string of the molecule is CCOCCOCCOC(=O)c1cc([N+](=O)[O-])ccc1OC(=O)C(=O)Oc1ccc([N+](=O)[O-])cc1C(=O)OCCOCCOCC. The van der Waals surface area contributed by atoms with Crippen LogP contribution in [-0.2, 0) is 38.0 Å². The van der Waals surface area contributed by atoms with E-state index in [9.17, 15) is 39.4 Å². The normalized spacial score (nSPS) is 10.6. The lowest BCUT2D eigenvalue weighted by Crippen LogP contribution is -2.27. The summed E-state index contributed by atoms with van der Waals surface area (Å²) in [5.74, 6) is -6.83. The minimum Gasteiger partial charge on any atom is -0.460 e. The predicted octanol–water partition coefficient (Wildman–Crippen LogP) is 2.43. The van der Waals surface area contributed by atoms with Crippen LogP contribution in [0.2, 0.25) is 0 Å². The standard InChI is InChI=1S/C28H32N2O16/c1-3-39-9-11-41-13-15-43-25(31)21-17-19(29(35)36)5-7-23(21)45-27(33)28(34)46-24-8-6-20(30(37)38)18-22(24)26(32)44-16-14-42-12-10-40-4-2/h5-8,17-18H,3-4,9-16H2,1-2H3. The lowest BCUT2D eigenvalue weighted by Gasteiger charge is -2.12. The maximum Gasteiger partial charge on any atom is 0.423 e. The van der Waals surface area contributed by atoms with Crippen LogP contribution < -0.4 is 9.47 Å². The number of benzene rings is 2. The van der Waals surface area contributed by atoms with Crippen molar-refractivity contribution in [3.05, 3.63) is 67.8 Å². The van der Waals surface area contributed by atoms with Crippen molar-refractivity contribution in [3.8, 4) is 11.5 Å². The number of esters is 4. The highest BCUT2D eigenvalue weighted by molar-refractivity contribution is 6.31. The number of hydrogen-bond donors (Lipinski definition) is 0. The summed E-state index contributed by atoms with van der Waals surface area (Å²) < 4.78 is 40.6. The van der Waals surface area contributed by atoms with Gasteiger partial charge in [0.2, 0.25) is 0 Å². The number of nitrogens with zero attached hydrogens (tertiary/aromatic N) is 2. The molecule has 0 aliphatic heterocycles. The average molecular weight is 653 g/mol. The Bertz CT molecular complexity index is 1280. The van der Waals surface area contributed by atoms with Gasteiger partial charge in [-0.25, -0.2) is 19.2 Å². The van der Waals surface area contributed by atoms with Crippen LogP contribution in [0.15, 0.2) is 36.4 Å². The average Bonchev–Trinajstić information content (AvgIpc) is 3.03. The molecule has 0 aromatic heterocycles. The third-order valence-corrected chi connectivity index (χ3v) is 5.43. The first kappa shape index (κ1) is 37.1. The molecule has 0 amide bonds. The molecule has 0 radical (unpaired) electrons. The Balaban J connectivity index is 2.12. The Morgan fingerprint density at radius 1 is 0.565 bits per heavy atom. The summed E-state index contributed by atoms with van der Waals surface area (Å²) in [6.45, 7) is 5.10. The van der Waals surface area contributed by atoms with Crippen molar-refractivity contribution in [2.45, 2.75) is 13.8 Å². The molecule has 2 aromatic carbocycles. The van der Waals surface area contributed by atoms with Gasteiger partial charge in [-0.3, -0.25) is 20.2 Å². The van der Waals surface area contributed by atoms with Crippen LogP contribution in [0.5, 0.6) is 11.5 Å². The molecule has 250 valence electrons. The minimum absolute atomic E-state index is 0.0316. The molecule has 0 saturated carbocycles. The van der Waals surface area contributed by atoms with Crippen molar-refractivity contribution in [3.63, 3.8) is 0 Å². The highest BCUT2D eigenvalue weighted by Gasteiger charge is 2.28. The number of nitro benzene ring substituents is 2. The van der Waals surface area contributed by atoms with Crippen molar-refractivity contribution >= 4 is 35.3 Å². The number of carbonyl (C=O) groups is 4. The van der Waals surface area contributed by atoms with Gasteiger partial charge in [0.25, 0.3) is 11.4 Å². The third kappa shape index (κ3) is 12.5. The Morgan fingerprint density at radius 2 is 0.913 bits per heavy atom. The summed E-state index contributed by atoms with van der Waals surface area (Å²) in [6.07, 6.45) is 0. The predicted molar refractivity (Wildman–Crippen MR) is 153 cm³/mol. The first-order chi connectivity index (χ1) is 22.1. The van der Waals surface area contributed by atoms with Crippen molar-refractivity contribution in [2.75, 3.05) is 66.1 Å². The van der Waals surface area contributed by atoms with Crippen LogP contribution in [0.4, 0.5) is 11.4 Å². The lowest BCUT2D eigenvalue weighted by atomic mass is 10.1. The van der Waals surface area contributed by atoms with E-state index in [2.05, 4.69) is 0 Å². The largest absolute Gasteiger partial charge is 0.460 e. The van der Waals surface area contributed by atoms with Crippen molar-refractivity contribution in [1.29, 1.82) is 0 Å². The summed E-state index contributed by atoms with van der Waals surface area (Å²) in [7, 11) is 0. The molecule has 2 aromatic rings. The molecular weight excluding hydrogens is 620 g/mol. The molecule has 0 aliphatic rings. The van der Waals surface area contributed by atoms with Gasteiger partial charge in [-0.1, -0.05) is 0 Å². The van der Waals surface area contributed by atoms with Crippen molar-refractivity contribution in [2.24, 2.45) is 0 Å². The molecule has 0 bridgehead atoms. The highest BCUT2D eigenvalue weighted by atomic mass is 16.6. The number of nitro groups is 2. The second kappa shape index (κ2) is 20.1. The van der Waals surface area contributed by atoms with Crippen LogP contribution in [0.25, 0.3) is 0 Å². The number of rotatable bonds is 20. The fourth-order valence-corrected chi connectivity index (χ4v) is 3.31. The molecule has 0 saturated heterocycles. The number of hydrogen-bond acceptors (Lipinski definition) is 16. The van der Waals surface area contributed by atoms with Crippen molar-refractivity contribution in [1.82, 2.24) is 0 Å². The molecule has 0 heterocycles. The molecule has 0 spiro atoms. The molecule has 0 aliphatic carbocycles. The van der Waals surface area contributed by atoms with Crippen LogP contribution in [0.3, 0.4) is 0 Å². The maximum absolute atomic E-state index is 12.6. The van der Waals surface area contributed by atoms with Gasteiger partial charge in [-0.2, -0.15) is 0 Å². The molecule has 2 rings (SSSR count). The Hall–Kier alpha value is -5.04. The molecule has 0 unspecified atom stereocenters. The van der Waals surface area contributed by atoms with Gasteiger partial charge in [-0.05, 0) is 26.0 Å². The van der Waals surface area contributed by atoms with Gasteiger partial charge >= 0.3 is 23.9 Å². The second-order valence-electron chi connectivity index (χ2n) is 8.54. The number of non-ortho nitro benzene ring substituents is 2. The van der Waals surface area contributed by atoms with Gasteiger partial charge in [0, 0.05) is 37.5 Å². The Kier molecular flexibility index (Phi) is 16.2. The van der Waals surface area contributed by atoms with Gasteiger partial charge in [0.15, 0.2) is 0 Å². The maximum atomic E-state index is 12.6. The Labute approximate surface area is 261 Å². The summed E-state index contributed by atoms with van der Waals surface area (Å²) in [4.78, 5) is 71.4. The molecule has 0 fully saturated rings. The van der Waals surface area contributed by atoms with Crippen LogP contribution in [0, 0.1) is 20.2 Å². The monoisotopic (exact) mass is 652 g/mol. The first-order valence-corrected chi connectivity index (χ1v) is 13.7. The smallest absolute Gasteiger partial charge is 0.423 e. The van der Waals surface area contributed by atoms with Crippen LogP contribution in [0.1, 0.15) is 34.6 Å². The van der Waals surface area contributed by atoms with E-state index in [-0.39, 0.29) is 39.6 Å². The fourth-order valence-electron chi connectivity index (χ4n) is 3.31. The van der Waals surface area contributed by atoms with E-state index in [0.717, 1.165) is 36.4 Å². The molecule has 18 nitrogen and oxygen atoms in total. The summed E-state index contributed by atoms with van der Waals surface area (Å²) >= 11 is 0. The van der Waals surface area contributed by atoms with E-state index < -0.39 is 67.7 Å². The van der Waals surface area contributed by atoms with E-state index in [0.29, 0.717) is 26.4 Å². The summed E-state index contributed by atoms with van der Waals surface area (Å²) in [5.41, 5.74) is -2.22. The van der Waals surface area contributed by atoms with E-state index in [4.69, 9.17) is 37.9 Å². The zero-order chi connectivity index (χ0) is 33.9. The Morgan fingerprint density at radius 3 is 1.26 bits per heavy atom. The molecule has 0 atom stereocenters. The number of ether oxygens (including phenoxy) is 8. The van der Waals surface area contributed by atoms with E-state index in [1.807, 2.05) is 0 Å². The van der Waals surface area contributed by atoms with E-state index >= 15 is 0 Å². The second-order valence-corrected chi connectivity index (χ2v) is 8.54. The first-order valence-electron chi connectivity index (χ1n) is 13.7. The molecule has 46 heavy (non-hydrogen) atoms. The van der Waals surface area contributed by atoms with Crippen LogP contribution >= 0.6 is 0 Å². The van der Waals surface area contributed by atoms with Crippen LogP contribution in [-0.4, -0.2) is 99.8 Å². The van der Waals surface area contributed by atoms with Gasteiger partial charge in [-0.15, -0.1) is 0 Å². The quantitative estimate of drug-likeness (QED) is 0.0499. The molecule has 0 N–H and O–H groups in total. The lowest BCUT2D eigenvalue weighted by molar-refractivity contribution is -0.385. The van der Waals surface area contributed by atoms with Crippen molar-refractivity contribution < 1.29 is 66.9 Å². The molecular formula is C28H32N2O16. The fraction of sp³-hybridized carbons (Fsp3) is 0.429. The van der Waals surface area contributed by atoms with E-state index in [1.165, 1.54) is 0 Å². The number of carbonyl (C=O) groups excluding carboxylic acids is 4. The third-order valence-electron chi connectivity index (χ3n) is 5.43. The minimum atomic E-state index is -1.71. The zero-order valence-electron chi connectivity index (χ0n) is 25.0. The topological polar surface area (TPSA) is 228 Å². The summed E-state index contributed by atoms with van der Waals surface area (Å²) in [6, 6.07) is 5.15. The van der Waals surface area contributed by atoms with Gasteiger partial charge < -0.3 is 37.9 Å². The highest BCUT2D eigenvalue weighted by Crippen LogP contribution is 2.27. The van der Waals surface area contributed by atoms with E-state index in [1.54, 1.807) is 13.8 Å². The van der Waals surface area contributed by atoms with Gasteiger partial charge in [0.05, 0.1) is 49.5 Å². The zero-order valence-corrected chi connectivity index (χ0v) is 25.0.